The van der Waals surface area contributed by atoms with Gasteiger partial charge in [-0.3, -0.25) is 0 Å². The first-order valence-electron chi connectivity index (χ1n) is 4.49. The molecule has 0 saturated carbocycles. The maximum Gasteiger partial charge on any atom is 0.188 e. The lowest BCUT2D eigenvalue weighted by Gasteiger charge is -2.17. The van der Waals surface area contributed by atoms with Crippen LogP contribution in [0.15, 0.2) is 23.4 Å². The van der Waals surface area contributed by atoms with Gasteiger partial charge in [0.25, 0.3) is 0 Å². The van der Waals surface area contributed by atoms with Gasteiger partial charge in [-0.15, -0.1) is 11.3 Å². The minimum absolute atomic E-state index is 0.246. The topological polar surface area (TPSA) is 34.1 Å². The Morgan fingerprint density at radius 3 is 3.00 bits per heavy atom. The SMILES string of the molecule is COC1=CC(c2nc(C)cs2)=CC(Cl)N1. The molecule has 1 aliphatic rings. The first kappa shape index (κ1) is 10.5. The molecular formula is C10H11ClN2OS. The van der Waals surface area contributed by atoms with Gasteiger partial charge in [-0.1, -0.05) is 11.6 Å². The average molecular weight is 243 g/mol. The zero-order valence-electron chi connectivity index (χ0n) is 8.45. The van der Waals surface area contributed by atoms with Crippen molar-refractivity contribution in [2.45, 2.75) is 12.4 Å². The summed E-state index contributed by atoms with van der Waals surface area (Å²) >= 11 is 7.61. The molecule has 2 heterocycles. The van der Waals surface area contributed by atoms with Gasteiger partial charge in [0, 0.05) is 22.7 Å². The zero-order valence-corrected chi connectivity index (χ0v) is 10.0. The fourth-order valence-corrected chi connectivity index (χ4v) is 2.34. The van der Waals surface area contributed by atoms with Crippen molar-refractivity contribution in [3.05, 3.63) is 34.1 Å². The van der Waals surface area contributed by atoms with Crippen molar-refractivity contribution < 1.29 is 4.74 Å². The maximum atomic E-state index is 6.01. The lowest BCUT2D eigenvalue weighted by molar-refractivity contribution is 0.261. The predicted octanol–water partition coefficient (Wildman–Crippen LogP) is 2.49. The molecule has 0 saturated heterocycles. The number of hydrogen-bond acceptors (Lipinski definition) is 4. The number of ether oxygens (including phenoxy) is 1. The van der Waals surface area contributed by atoms with E-state index in [9.17, 15) is 0 Å². The molecule has 15 heavy (non-hydrogen) atoms. The third-order valence-corrected chi connectivity index (χ3v) is 3.22. The Hall–Kier alpha value is -1.00. The van der Waals surface area contributed by atoms with Crippen LogP contribution in [0.25, 0.3) is 5.57 Å². The van der Waals surface area contributed by atoms with Crippen molar-refractivity contribution in [2.24, 2.45) is 0 Å². The Balaban J connectivity index is 2.32. The first-order chi connectivity index (χ1) is 7.19. The highest BCUT2D eigenvalue weighted by Gasteiger charge is 2.14. The Kier molecular flexibility index (Phi) is 2.98. The zero-order chi connectivity index (χ0) is 10.8. The molecule has 0 radical (unpaired) electrons. The van der Waals surface area contributed by atoms with Gasteiger partial charge < -0.3 is 10.1 Å². The number of thiazole rings is 1. The van der Waals surface area contributed by atoms with Crippen molar-refractivity contribution in [1.82, 2.24) is 10.3 Å². The van der Waals surface area contributed by atoms with Crippen LogP contribution in [0.1, 0.15) is 10.7 Å². The van der Waals surface area contributed by atoms with E-state index in [-0.39, 0.29) is 5.50 Å². The minimum Gasteiger partial charge on any atom is -0.482 e. The lowest BCUT2D eigenvalue weighted by atomic mass is 10.2. The third-order valence-electron chi connectivity index (χ3n) is 1.98. The van der Waals surface area contributed by atoms with Crippen molar-refractivity contribution in [1.29, 1.82) is 0 Å². The van der Waals surface area contributed by atoms with Crippen LogP contribution in [0.5, 0.6) is 0 Å². The van der Waals surface area contributed by atoms with Crippen molar-refractivity contribution in [3.63, 3.8) is 0 Å². The maximum absolute atomic E-state index is 6.01. The highest BCUT2D eigenvalue weighted by atomic mass is 35.5. The number of nitrogens with one attached hydrogen (secondary N) is 1. The van der Waals surface area contributed by atoms with Crippen LogP contribution in [0.2, 0.25) is 0 Å². The number of halogens is 1. The van der Waals surface area contributed by atoms with Gasteiger partial charge in [0.15, 0.2) is 5.88 Å². The van der Waals surface area contributed by atoms with E-state index in [0.29, 0.717) is 5.88 Å². The van der Waals surface area contributed by atoms with E-state index < -0.39 is 0 Å². The smallest absolute Gasteiger partial charge is 0.188 e. The normalized spacial score (nSPS) is 20.3. The Morgan fingerprint density at radius 1 is 1.60 bits per heavy atom. The number of nitrogens with zero attached hydrogens (tertiary/aromatic N) is 1. The van der Waals surface area contributed by atoms with Crippen LogP contribution in [0.3, 0.4) is 0 Å². The van der Waals surface area contributed by atoms with Crippen molar-refractivity contribution in [2.75, 3.05) is 7.11 Å². The number of alkyl halides is 1. The van der Waals surface area contributed by atoms with Gasteiger partial charge >= 0.3 is 0 Å². The van der Waals surface area contributed by atoms with Gasteiger partial charge in [-0.25, -0.2) is 4.98 Å². The number of methoxy groups -OCH3 is 1. The summed E-state index contributed by atoms with van der Waals surface area (Å²) in [7, 11) is 1.61. The first-order valence-corrected chi connectivity index (χ1v) is 5.81. The van der Waals surface area contributed by atoms with E-state index in [1.165, 1.54) is 0 Å². The van der Waals surface area contributed by atoms with Crippen LogP contribution in [-0.2, 0) is 4.74 Å². The summed E-state index contributed by atoms with van der Waals surface area (Å²) in [5.74, 6) is 0.667. The summed E-state index contributed by atoms with van der Waals surface area (Å²) in [5.41, 5.74) is 1.78. The Labute approximate surface area is 97.4 Å². The molecule has 1 aliphatic heterocycles. The molecule has 0 spiro atoms. The van der Waals surface area contributed by atoms with Crippen molar-refractivity contribution in [3.8, 4) is 0 Å². The molecule has 0 aliphatic carbocycles. The number of allylic oxidation sites excluding steroid dienone is 2. The monoisotopic (exact) mass is 242 g/mol. The van der Waals surface area contributed by atoms with E-state index >= 15 is 0 Å². The minimum atomic E-state index is -0.246. The molecule has 2 rings (SSSR count). The Bertz CT molecular complexity index is 425. The van der Waals surface area contributed by atoms with E-state index in [2.05, 4.69) is 10.3 Å². The van der Waals surface area contributed by atoms with Crippen LogP contribution >= 0.6 is 22.9 Å². The summed E-state index contributed by atoms with van der Waals surface area (Å²) < 4.78 is 5.12. The van der Waals surface area contributed by atoms with Crippen molar-refractivity contribution >= 4 is 28.5 Å². The number of rotatable bonds is 2. The number of hydrogen-bond donors (Lipinski definition) is 1. The predicted molar refractivity (Wildman–Crippen MR) is 62.7 cm³/mol. The highest BCUT2D eigenvalue weighted by Crippen LogP contribution is 2.25. The van der Waals surface area contributed by atoms with E-state index in [0.717, 1.165) is 16.3 Å². The van der Waals surface area contributed by atoms with Crippen LogP contribution < -0.4 is 5.32 Å². The quantitative estimate of drug-likeness (QED) is 0.639. The molecule has 3 nitrogen and oxygen atoms in total. The highest BCUT2D eigenvalue weighted by molar-refractivity contribution is 7.10. The van der Waals surface area contributed by atoms with Gasteiger partial charge in [0.05, 0.1) is 7.11 Å². The molecule has 1 atom stereocenters. The Morgan fingerprint density at radius 2 is 2.40 bits per heavy atom. The molecule has 0 aromatic carbocycles. The largest absolute Gasteiger partial charge is 0.482 e. The molecule has 80 valence electrons. The molecule has 1 aromatic rings. The van der Waals surface area contributed by atoms with Gasteiger partial charge in [-0.05, 0) is 13.0 Å². The number of aryl methyl sites for hydroxylation is 1. The van der Waals surface area contributed by atoms with Crippen LogP contribution in [-0.4, -0.2) is 17.6 Å². The van der Waals surface area contributed by atoms with E-state index in [1.54, 1.807) is 18.4 Å². The summed E-state index contributed by atoms with van der Waals surface area (Å²) in [6.45, 7) is 1.97. The number of dihydropyridines is 1. The second kappa shape index (κ2) is 4.24. The third kappa shape index (κ3) is 2.33. The van der Waals surface area contributed by atoms with Gasteiger partial charge in [0.1, 0.15) is 10.5 Å². The molecular weight excluding hydrogens is 232 g/mol. The van der Waals surface area contributed by atoms with E-state index in [1.807, 2.05) is 24.5 Å². The second-order valence-corrected chi connectivity index (χ2v) is 4.50. The average Bonchev–Trinajstić information content (AvgIpc) is 2.64. The van der Waals surface area contributed by atoms with Crippen LogP contribution in [0.4, 0.5) is 0 Å². The fraction of sp³-hybridized carbons (Fsp3) is 0.300. The summed E-state index contributed by atoms with van der Waals surface area (Å²) in [6, 6.07) is 0. The van der Waals surface area contributed by atoms with Gasteiger partial charge in [-0.2, -0.15) is 0 Å². The van der Waals surface area contributed by atoms with Gasteiger partial charge in [0.2, 0.25) is 0 Å². The molecule has 1 N–H and O–H groups in total. The lowest BCUT2D eigenvalue weighted by Crippen LogP contribution is -2.25. The van der Waals surface area contributed by atoms with Crippen LogP contribution in [0, 0.1) is 6.92 Å². The molecule has 1 unspecified atom stereocenters. The summed E-state index contributed by atoms with van der Waals surface area (Å²) in [6.07, 6.45) is 3.82. The molecule has 1 aromatic heterocycles. The molecule has 0 fully saturated rings. The molecule has 0 bridgehead atoms. The standard InChI is InChI=1S/C10H11ClN2OS/c1-6-5-15-10(12-6)7-3-8(11)13-9(4-7)14-2/h3-5,8,13H,1-2H3. The second-order valence-electron chi connectivity index (χ2n) is 3.17. The fourth-order valence-electron chi connectivity index (χ4n) is 1.30. The molecule has 5 heteroatoms. The summed E-state index contributed by atoms with van der Waals surface area (Å²) in [4.78, 5) is 4.40. The number of aromatic nitrogens is 1. The van der Waals surface area contributed by atoms with E-state index in [4.69, 9.17) is 16.3 Å². The summed E-state index contributed by atoms with van der Waals surface area (Å²) in [5, 5.41) is 5.96. The molecule has 0 amide bonds.